The first-order chi connectivity index (χ1) is 7.16. The smallest absolute Gasteiger partial charge is 0.362 e. The number of carbonyl (C=O) groups is 2. The van der Waals surface area contributed by atoms with Crippen LogP contribution >= 0.6 is 0 Å². The fraction of sp³-hybridized carbons (Fsp3) is 0.800. The van der Waals surface area contributed by atoms with Crippen molar-refractivity contribution in [1.29, 1.82) is 0 Å². The fourth-order valence-electron chi connectivity index (χ4n) is 1.50. The number of hydrogen-bond donors (Lipinski definition) is 3. The molecule has 0 heterocycles. The minimum absolute atomic E-state index is 0.305. The highest BCUT2D eigenvalue weighted by Crippen LogP contribution is 2.12. The summed E-state index contributed by atoms with van der Waals surface area (Å²) in [4.78, 5) is 21.5. The fourth-order valence-corrected chi connectivity index (χ4v) is 1.50. The zero-order valence-electron chi connectivity index (χ0n) is 10.0. The second kappa shape index (κ2) is 5.81. The highest BCUT2D eigenvalue weighted by atomic mass is 16.4. The van der Waals surface area contributed by atoms with Gasteiger partial charge in [-0.25, -0.2) is 4.79 Å². The molecule has 6 nitrogen and oxygen atoms in total. The Labute approximate surface area is 95.2 Å². The van der Waals surface area contributed by atoms with E-state index in [0.29, 0.717) is 23.7 Å². The lowest BCUT2D eigenvalue weighted by Crippen LogP contribution is -2.49. The number of rotatable bonds is 7. The number of nitrogens with two attached hydrogens (primary N) is 1. The van der Waals surface area contributed by atoms with E-state index in [0.717, 1.165) is 0 Å². The van der Waals surface area contributed by atoms with E-state index < -0.39 is 24.0 Å². The van der Waals surface area contributed by atoms with Gasteiger partial charge in [-0.05, 0) is 12.8 Å². The topological polar surface area (TPSA) is 101 Å². The average molecular weight is 233 g/mol. The zero-order chi connectivity index (χ0) is 12.9. The van der Waals surface area contributed by atoms with Gasteiger partial charge >= 0.3 is 11.9 Å². The van der Waals surface area contributed by atoms with Gasteiger partial charge < -0.3 is 20.4 Å². The summed E-state index contributed by atoms with van der Waals surface area (Å²) in [6, 6.07) is -1.43. The van der Waals surface area contributed by atoms with Gasteiger partial charge in [-0.1, -0.05) is 0 Å². The number of likely N-dealkylation sites (N-methyl/N-ethyl adjacent to an activating group) is 1. The Hall–Kier alpha value is -1.14. The van der Waals surface area contributed by atoms with E-state index in [-0.39, 0.29) is 0 Å². The normalized spacial score (nSPS) is 15.5. The van der Waals surface area contributed by atoms with Crippen molar-refractivity contribution >= 4 is 11.9 Å². The molecule has 0 saturated carbocycles. The molecule has 16 heavy (non-hydrogen) atoms. The van der Waals surface area contributed by atoms with Crippen LogP contribution in [0.2, 0.25) is 0 Å². The quantitative estimate of drug-likeness (QED) is 0.525. The molecule has 0 saturated heterocycles. The van der Waals surface area contributed by atoms with Crippen molar-refractivity contribution in [3.63, 3.8) is 0 Å². The van der Waals surface area contributed by atoms with Crippen LogP contribution in [-0.2, 0) is 9.59 Å². The van der Waals surface area contributed by atoms with Crippen LogP contribution in [0.3, 0.4) is 0 Å². The second-order valence-corrected chi connectivity index (χ2v) is 4.85. The maximum Gasteiger partial charge on any atom is 0.362 e. The predicted molar refractivity (Wildman–Crippen MR) is 58.9 cm³/mol. The highest BCUT2D eigenvalue weighted by Gasteiger charge is 2.30. The highest BCUT2D eigenvalue weighted by molar-refractivity contribution is 5.73. The molecule has 2 atom stereocenters. The van der Waals surface area contributed by atoms with Gasteiger partial charge in [0.1, 0.15) is 6.04 Å². The molecule has 2 unspecified atom stereocenters. The van der Waals surface area contributed by atoms with E-state index in [2.05, 4.69) is 0 Å². The summed E-state index contributed by atoms with van der Waals surface area (Å²) in [5.74, 6) is -1.91. The van der Waals surface area contributed by atoms with Crippen molar-refractivity contribution in [3.8, 4) is 0 Å². The van der Waals surface area contributed by atoms with E-state index >= 15 is 0 Å². The first-order valence-electron chi connectivity index (χ1n) is 5.18. The molecule has 0 radical (unpaired) electrons. The molecule has 0 aliphatic heterocycles. The van der Waals surface area contributed by atoms with Gasteiger partial charge in [-0.15, -0.1) is 0 Å². The monoisotopic (exact) mass is 233 g/mol. The number of quaternary nitrogens is 1. The van der Waals surface area contributed by atoms with Crippen LogP contribution in [0, 0.1) is 0 Å². The van der Waals surface area contributed by atoms with E-state index in [1.54, 1.807) is 21.1 Å². The Balaban J connectivity index is 4.15. The maximum absolute atomic E-state index is 11.0. The van der Waals surface area contributed by atoms with Crippen molar-refractivity contribution in [2.24, 2.45) is 5.73 Å². The van der Waals surface area contributed by atoms with Gasteiger partial charge in [0, 0.05) is 6.42 Å². The molecule has 0 aliphatic carbocycles. The van der Waals surface area contributed by atoms with Crippen LogP contribution in [0.25, 0.3) is 0 Å². The zero-order valence-corrected chi connectivity index (χ0v) is 10.0. The first-order valence-corrected chi connectivity index (χ1v) is 5.18. The van der Waals surface area contributed by atoms with E-state index in [1.165, 1.54) is 0 Å². The van der Waals surface area contributed by atoms with Crippen molar-refractivity contribution in [1.82, 2.24) is 0 Å². The van der Waals surface area contributed by atoms with Gasteiger partial charge in [0.25, 0.3) is 0 Å². The van der Waals surface area contributed by atoms with Gasteiger partial charge in [0.05, 0.1) is 21.1 Å². The Kier molecular flexibility index (Phi) is 5.40. The van der Waals surface area contributed by atoms with E-state index in [1.807, 2.05) is 0 Å². The summed E-state index contributed by atoms with van der Waals surface area (Å²) < 4.78 is 0.317. The third-order valence-corrected chi connectivity index (χ3v) is 2.53. The maximum atomic E-state index is 11.0. The molecular formula is C10H21N2O4+. The molecular weight excluding hydrogens is 212 g/mol. The van der Waals surface area contributed by atoms with Crippen LogP contribution in [0.5, 0.6) is 0 Å². The minimum atomic E-state index is -1.04. The number of carboxylic acid groups (broad SMARTS) is 2. The molecule has 0 aromatic rings. The molecule has 0 aliphatic rings. The summed E-state index contributed by atoms with van der Waals surface area (Å²) >= 11 is 0. The summed E-state index contributed by atoms with van der Waals surface area (Å²) in [5.41, 5.74) is 5.34. The van der Waals surface area contributed by atoms with E-state index in [9.17, 15) is 9.59 Å². The predicted octanol–water partition coefficient (Wildman–Crippen LogP) is -0.272. The standard InChI is InChI=1S/C10H20N2O4/c1-12(2,3)8(10(15)16)6-4-5-7(11)9(13)14/h7-8H,4-6,11H2,1-3H3,(H-,13,14,15,16)/p+1. The molecule has 0 rings (SSSR count). The van der Waals surface area contributed by atoms with Gasteiger partial charge in [0.15, 0.2) is 6.04 Å². The second-order valence-electron chi connectivity index (χ2n) is 4.85. The molecule has 0 amide bonds. The molecule has 0 fully saturated rings. The Morgan fingerprint density at radius 1 is 1.12 bits per heavy atom. The Bertz CT molecular complexity index is 260. The molecule has 4 N–H and O–H groups in total. The van der Waals surface area contributed by atoms with Crippen LogP contribution in [-0.4, -0.2) is 59.9 Å². The Morgan fingerprint density at radius 2 is 1.62 bits per heavy atom. The van der Waals surface area contributed by atoms with E-state index in [4.69, 9.17) is 15.9 Å². The number of aliphatic carboxylic acids is 2. The number of nitrogens with zero attached hydrogens (tertiary/aromatic N) is 1. The third-order valence-electron chi connectivity index (χ3n) is 2.53. The number of hydrogen-bond acceptors (Lipinski definition) is 3. The van der Waals surface area contributed by atoms with Crippen LogP contribution in [0.1, 0.15) is 19.3 Å². The lowest BCUT2D eigenvalue weighted by molar-refractivity contribution is -0.887. The Morgan fingerprint density at radius 3 is 1.94 bits per heavy atom. The summed E-state index contributed by atoms with van der Waals surface area (Å²) in [6.07, 6.45) is 1.23. The average Bonchev–Trinajstić information content (AvgIpc) is 2.08. The molecule has 6 heteroatoms. The summed E-state index contributed by atoms with van der Waals surface area (Å²) in [5, 5.41) is 17.6. The lowest BCUT2D eigenvalue weighted by Gasteiger charge is -2.31. The van der Waals surface area contributed by atoms with Gasteiger partial charge in [-0.3, -0.25) is 4.79 Å². The summed E-state index contributed by atoms with van der Waals surface area (Å²) in [6.45, 7) is 0. The lowest BCUT2D eigenvalue weighted by atomic mass is 10.0. The third kappa shape index (κ3) is 5.09. The molecule has 0 aromatic carbocycles. The van der Waals surface area contributed by atoms with Crippen molar-refractivity contribution < 1.29 is 24.3 Å². The van der Waals surface area contributed by atoms with Crippen LogP contribution < -0.4 is 5.73 Å². The molecule has 0 spiro atoms. The number of carboxylic acids is 2. The first kappa shape index (κ1) is 14.9. The largest absolute Gasteiger partial charge is 0.480 e. The van der Waals surface area contributed by atoms with Crippen molar-refractivity contribution in [2.45, 2.75) is 31.3 Å². The minimum Gasteiger partial charge on any atom is -0.480 e. The molecule has 94 valence electrons. The van der Waals surface area contributed by atoms with Crippen molar-refractivity contribution in [3.05, 3.63) is 0 Å². The SMILES string of the molecule is C[N+](C)(C)C(CCCC(N)C(=O)O)C(=O)O. The van der Waals surface area contributed by atoms with Crippen LogP contribution in [0.15, 0.2) is 0 Å². The van der Waals surface area contributed by atoms with Gasteiger partial charge in [-0.2, -0.15) is 0 Å². The van der Waals surface area contributed by atoms with Gasteiger partial charge in [0.2, 0.25) is 0 Å². The van der Waals surface area contributed by atoms with Crippen molar-refractivity contribution in [2.75, 3.05) is 21.1 Å². The molecule has 0 aromatic heterocycles. The summed E-state index contributed by atoms with van der Waals surface area (Å²) in [7, 11) is 5.40. The molecule has 0 bridgehead atoms. The van der Waals surface area contributed by atoms with Crippen LogP contribution in [0.4, 0.5) is 0 Å².